The summed E-state index contributed by atoms with van der Waals surface area (Å²) >= 11 is 0. The molecule has 0 aromatic heterocycles. The minimum absolute atomic E-state index is 0.169. The Morgan fingerprint density at radius 1 is 1.14 bits per heavy atom. The smallest absolute Gasteiger partial charge is 0.338 e. The number of nitrogens with zero attached hydrogens (tertiary/aromatic N) is 1. The molecule has 7 nitrogen and oxygen atoms in total. The first-order chi connectivity index (χ1) is 16.9. The van der Waals surface area contributed by atoms with Crippen molar-refractivity contribution in [3.8, 4) is 23.5 Å². The zero-order chi connectivity index (χ0) is 25.8. The zero-order valence-electron chi connectivity index (χ0n) is 20.4. The third-order valence-electron chi connectivity index (χ3n) is 5.10. The van der Waals surface area contributed by atoms with E-state index in [-0.39, 0.29) is 6.61 Å². The number of ether oxygens (including phenoxy) is 2. The Morgan fingerprint density at radius 3 is 2.37 bits per heavy atom. The van der Waals surface area contributed by atoms with E-state index < -0.39 is 23.7 Å². The van der Waals surface area contributed by atoms with Gasteiger partial charge in [-0.25, -0.2) is 4.79 Å². The van der Waals surface area contributed by atoms with Crippen LogP contribution in [0.1, 0.15) is 31.1 Å². The van der Waals surface area contributed by atoms with Crippen LogP contribution in [0.4, 0.5) is 0 Å². The van der Waals surface area contributed by atoms with Gasteiger partial charge in [0.05, 0.1) is 5.56 Å². The molecule has 2 atom stereocenters. The summed E-state index contributed by atoms with van der Waals surface area (Å²) in [6.45, 7) is 5.39. The summed E-state index contributed by atoms with van der Waals surface area (Å²) < 4.78 is 11.4. The third-order valence-corrected chi connectivity index (χ3v) is 5.10. The van der Waals surface area contributed by atoms with E-state index in [0.717, 1.165) is 11.1 Å². The molecule has 0 saturated carbocycles. The molecule has 0 bridgehead atoms. The number of esters is 1. The molecule has 2 amide bonds. The topological polar surface area (TPSA) is 84.9 Å². The van der Waals surface area contributed by atoms with Gasteiger partial charge in [0.25, 0.3) is 5.91 Å². The molecule has 0 fully saturated rings. The maximum Gasteiger partial charge on any atom is 0.338 e. The van der Waals surface area contributed by atoms with Crippen molar-refractivity contribution in [1.82, 2.24) is 10.2 Å². The van der Waals surface area contributed by atoms with Gasteiger partial charge in [-0.05, 0) is 42.3 Å². The number of rotatable bonds is 8. The van der Waals surface area contributed by atoms with Gasteiger partial charge in [0.15, 0.2) is 11.8 Å². The third kappa shape index (κ3) is 7.16. The lowest BCUT2D eigenvalue weighted by molar-refractivity contribution is -0.122. The predicted octanol–water partition coefficient (Wildman–Crippen LogP) is 3.93. The quantitative estimate of drug-likeness (QED) is 0.205. The van der Waals surface area contributed by atoms with Crippen LogP contribution in [0.5, 0.6) is 0 Å². The second-order valence-corrected chi connectivity index (χ2v) is 7.49. The summed E-state index contributed by atoms with van der Waals surface area (Å²) in [6, 6.07) is 16.9. The molecule has 2 aromatic carbocycles. The summed E-state index contributed by atoms with van der Waals surface area (Å²) in [5.41, 5.74) is 1.52. The number of carbonyl (C=O) groups is 3. The normalized spacial score (nSPS) is 18.5. The molecule has 0 saturated heterocycles. The lowest BCUT2D eigenvalue weighted by atomic mass is 10.0. The van der Waals surface area contributed by atoms with E-state index >= 15 is 0 Å². The van der Waals surface area contributed by atoms with Crippen molar-refractivity contribution < 1.29 is 23.9 Å². The fourth-order valence-electron chi connectivity index (χ4n) is 3.25. The molecule has 2 aromatic rings. The molecule has 1 aliphatic rings. The molecule has 2 unspecified atom stereocenters. The Bertz CT molecular complexity index is 1120. The molecule has 0 spiro atoms. The zero-order valence-corrected chi connectivity index (χ0v) is 20.4. The van der Waals surface area contributed by atoms with Crippen molar-refractivity contribution in [2.75, 3.05) is 13.7 Å². The second-order valence-electron chi connectivity index (χ2n) is 7.49. The van der Waals surface area contributed by atoms with Gasteiger partial charge in [-0.1, -0.05) is 62.2 Å². The van der Waals surface area contributed by atoms with Crippen LogP contribution in [0.3, 0.4) is 0 Å². The highest BCUT2D eigenvalue weighted by Crippen LogP contribution is 2.26. The highest BCUT2D eigenvalue weighted by Gasteiger charge is 2.36. The second kappa shape index (κ2) is 12.9. The molecule has 182 valence electrons. The Kier molecular flexibility index (Phi) is 10.0. The minimum Gasteiger partial charge on any atom is -0.458 e. The number of amides is 2. The van der Waals surface area contributed by atoms with Crippen molar-refractivity contribution in [3.63, 3.8) is 0 Å². The van der Waals surface area contributed by atoms with Gasteiger partial charge in [0.1, 0.15) is 6.61 Å². The summed E-state index contributed by atoms with van der Waals surface area (Å²) in [5, 5.41) is 2.07. The molecule has 1 aliphatic heterocycles. The first-order valence-electron chi connectivity index (χ1n) is 11.2. The maximum atomic E-state index is 12.5. The summed E-state index contributed by atoms with van der Waals surface area (Å²) in [5.74, 6) is 1.50. The summed E-state index contributed by atoms with van der Waals surface area (Å²) in [4.78, 5) is 36.3. The lowest BCUT2D eigenvalue weighted by Crippen LogP contribution is -2.38. The molecular formula is C28H30N2O5. The number of carbonyl (C=O) groups excluding carboxylic acids is 3. The van der Waals surface area contributed by atoms with Crippen molar-refractivity contribution in [1.29, 1.82) is 0 Å². The maximum absolute atomic E-state index is 12.5. The van der Waals surface area contributed by atoms with Crippen LogP contribution in [-0.4, -0.2) is 48.7 Å². The Balaban J connectivity index is 0.00000210. The van der Waals surface area contributed by atoms with Crippen LogP contribution < -0.4 is 5.32 Å². The number of terminal acetylenes is 1. The van der Waals surface area contributed by atoms with Crippen LogP contribution in [-0.2, 0) is 19.1 Å². The van der Waals surface area contributed by atoms with Crippen molar-refractivity contribution in [2.45, 2.75) is 32.6 Å². The number of nitrogens with one attached hydrogen (secondary N) is 1. The Morgan fingerprint density at radius 2 is 1.77 bits per heavy atom. The summed E-state index contributed by atoms with van der Waals surface area (Å²) in [7, 11) is 1.69. The first kappa shape index (κ1) is 27.1. The minimum atomic E-state index is -1.23. The van der Waals surface area contributed by atoms with Crippen LogP contribution in [0.25, 0.3) is 11.1 Å². The molecule has 7 heteroatoms. The standard InChI is InChI=1S/C26H24N2O5.C2H6/c1-4-26(15-14-23(33-26)28(3)16-19(2)24(30)27-18-29)17-32-25(31)22-12-10-21(11-13-22)20-8-6-5-7-9-20;1-2/h1,5-16,18,23H,17H2,2-3H3,(H,27,29,30);1-2H3/b19-16-;. The molecule has 1 heterocycles. The van der Waals surface area contributed by atoms with Gasteiger partial charge in [0.2, 0.25) is 6.41 Å². The fourth-order valence-corrected chi connectivity index (χ4v) is 3.25. The first-order valence-corrected chi connectivity index (χ1v) is 11.2. The van der Waals surface area contributed by atoms with Gasteiger partial charge in [-0.15, -0.1) is 6.42 Å². The van der Waals surface area contributed by atoms with E-state index in [1.165, 1.54) is 6.20 Å². The fraction of sp³-hybridized carbons (Fsp3) is 0.250. The molecule has 35 heavy (non-hydrogen) atoms. The summed E-state index contributed by atoms with van der Waals surface area (Å²) in [6.07, 6.45) is 10.3. The van der Waals surface area contributed by atoms with Gasteiger partial charge in [-0.2, -0.15) is 0 Å². The molecule has 1 N–H and O–H groups in total. The number of hydrogen-bond acceptors (Lipinski definition) is 6. The molecule has 0 aliphatic carbocycles. The molecule has 0 radical (unpaired) electrons. The average Bonchev–Trinajstić information content (AvgIpc) is 3.34. The van der Waals surface area contributed by atoms with Crippen molar-refractivity contribution >= 4 is 18.3 Å². The van der Waals surface area contributed by atoms with E-state index in [1.54, 1.807) is 43.2 Å². The van der Waals surface area contributed by atoms with Gasteiger partial charge < -0.3 is 14.4 Å². The van der Waals surface area contributed by atoms with Crippen LogP contribution in [0.2, 0.25) is 0 Å². The molecule has 3 rings (SSSR count). The SMILES string of the molecule is C#CC1(COC(=O)c2ccc(-c3ccccc3)cc2)C=CC(N(C)/C=C(/C)C(=O)NC=O)O1.CC. The number of likely N-dealkylation sites (N-methyl/N-ethyl adjacent to an activating group) is 1. The molecular weight excluding hydrogens is 444 g/mol. The monoisotopic (exact) mass is 474 g/mol. The van der Waals surface area contributed by atoms with E-state index in [1.807, 2.05) is 56.3 Å². The van der Waals surface area contributed by atoms with Gasteiger partial charge in [-0.3, -0.25) is 14.9 Å². The van der Waals surface area contributed by atoms with Crippen molar-refractivity contribution in [2.24, 2.45) is 0 Å². The van der Waals surface area contributed by atoms with E-state index in [4.69, 9.17) is 15.9 Å². The lowest BCUT2D eigenvalue weighted by Gasteiger charge is -2.27. The highest BCUT2D eigenvalue weighted by atomic mass is 16.6. The largest absolute Gasteiger partial charge is 0.458 e. The van der Waals surface area contributed by atoms with E-state index in [2.05, 4.69) is 11.2 Å². The van der Waals surface area contributed by atoms with Crippen LogP contribution in [0.15, 0.2) is 78.5 Å². The van der Waals surface area contributed by atoms with Gasteiger partial charge >= 0.3 is 5.97 Å². The van der Waals surface area contributed by atoms with Gasteiger partial charge in [0, 0.05) is 18.8 Å². The van der Waals surface area contributed by atoms with Crippen LogP contribution in [0, 0.1) is 12.3 Å². The van der Waals surface area contributed by atoms with E-state index in [9.17, 15) is 14.4 Å². The average molecular weight is 475 g/mol. The number of imide groups is 1. The number of benzene rings is 2. The highest BCUT2D eigenvalue weighted by molar-refractivity contribution is 5.98. The number of hydrogen-bond donors (Lipinski definition) is 1. The van der Waals surface area contributed by atoms with Crippen LogP contribution >= 0.6 is 0 Å². The van der Waals surface area contributed by atoms with Crippen molar-refractivity contribution in [3.05, 3.63) is 84.1 Å². The predicted molar refractivity (Wildman–Crippen MR) is 135 cm³/mol. The Labute approximate surface area is 206 Å². The Hall–Kier alpha value is -4.15. The van der Waals surface area contributed by atoms with E-state index in [0.29, 0.717) is 17.5 Å².